The Hall–Kier alpha value is -3.50. The highest BCUT2D eigenvalue weighted by molar-refractivity contribution is 5.91. The number of nitrogens with zero attached hydrogens (tertiary/aromatic N) is 2. The first-order valence-electron chi connectivity index (χ1n) is 11.5. The molecule has 1 aromatic carbocycles. The Bertz CT molecular complexity index is 1030. The minimum absolute atomic E-state index is 0.0106. The Morgan fingerprint density at radius 3 is 2.51 bits per heavy atom. The van der Waals surface area contributed by atoms with E-state index >= 15 is 0 Å². The number of aliphatic hydroxyl groups excluding tert-OH is 1. The molecule has 0 bridgehead atoms. The average molecular weight is 485 g/mol. The minimum atomic E-state index is -0.565. The van der Waals surface area contributed by atoms with Crippen molar-refractivity contribution in [2.24, 2.45) is 11.3 Å². The van der Waals surface area contributed by atoms with Crippen molar-refractivity contribution in [3.8, 4) is 0 Å². The van der Waals surface area contributed by atoms with Crippen LogP contribution in [-0.2, 0) is 27.5 Å². The van der Waals surface area contributed by atoms with Crippen molar-refractivity contribution in [2.75, 3.05) is 18.4 Å². The second-order valence-electron chi connectivity index (χ2n) is 9.41. The van der Waals surface area contributed by atoms with Crippen LogP contribution in [0.3, 0.4) is 0 Å². The minimum Gasteiger partial charge on any atom is -0.459 e. The van der Waals surface area contributed by atoms with Crippen LogP contribution in [0.2, 0.25) is 0 Å². The fourth-order valence-electron chi connectivity index (χ4n) is 3.50. The normalized spacial score (nSPS) is 17.8. The molecule has 2 heterocycles. The second-order valence-corrected chi connectivity index (χ2v) is 9.41. The van der Waals surface area contributed by atoms with Gasteiger partial charge in [0.1, 0.15) is 12.0 Å². The van der Waals surface area contributed by atoms with Crippen LogP contribution in [0.1, 0.15) is 38.3 Å². The maximum absolute atomic E-state index is 12.8. The number of allylic oxidation sites excluding steroid dienone is 1. The number of ether oxygens (including phenoxy) is 2. The third kappa shape index (κ3) is 7.76. The molecule has 0 aliphatic carbocycles. The number of nitro groups is 1. The number of hydrogen-bond acceptors (Lipinski definition) is 8. The van der Waals surface area contributed by atoms with Crippen LogP contribution in [0.5, 0.6) is 0 Å². The molecule has 0 fully saturated rings. The summed E-state index contributed by atoms with van der Waals surface area (Å²) in [7, 11) is 0. The number of amides is 1. The van der Waals surface area contributed by atoms with Gasteiger partial charge in [0.15, 0.2) is 5.76 Å². The zero-order valence-corrected chi connectivity index (χ0v) is 20.2. The summed E-state index contributed by atoms with van der Waals surface area (Å²) in [6, 6.07) is 10.4. The molecule has 3 N–H and O–H groups in total. The number of aliphatic hydroxyl groups is 1. The molecule has 10 nitrogen and oxygen atoms in total. The molecule has 3 rings (SSSR count). The van der Waals surface area contributed by atoms with Crippen molar-refractivity contribution in [2.45, 2.75) is 46.7 Å². The summed E-state index contributed by atoms with van der Waals surface area (Å²) in [6.07, 6.45) is 3.10. The molecule has 35 heavy (non-hydrogen) atoms. The second kappa shape index (κ2) is 11.8. The van der Waals surface area contributed by atoms with Crippen LogP contribution in [0.25, 0.3) is 0 Å². The number of hydrogen-bond donors (Lipinski definition) is 3. The molecule has 2 aromatic rings. The molecule has 0 saturated heterocycles. The Morgan fingerprint density at radius 2 is 1.91 bits per heavy atom. The lowest BCUT2D eigenvalue weighted by molar-refractivity contribution is -0.385. The molecule has 1 aliphatic heterocycles. The fraction of sp³-hybridized carbons (Fsp3) is 0.440. The van der Waals surface area contributed by atoms with Crippen LogP contribution >= 0.6 is 0 Å². The van der Waals surface area contributed by atoms with Crippen molar-refractivity contribution < 1.29 is 24.3 Å². The van der Waals surface area contributed by atoms with Crippen molar-refractivity contribution in [1.29, 1.82) is 0 Å². The number of rotatable bonds is 10. The van der Waals surface area contributed by atoms with Crippen LogP contribution in [0.15, 0.2) is 54.4 Å². The number of pyridine rings is 1. The van der Waals surface area contributed by atoms with E-state index in [1.54, 1.807) is 0 Å². The molecular formula is C25H32N4O6. The van der Waals surface area contributed by atoms with Gasteiger partial charge in [-0.1, -0.05) is 45.0 Å². The van der Waals surface area contributed by atoms with Crippen molar-refractivity contribution in [3.05, 3.63) is 75.7 Å². The molecule has 0 radical (unpaired) electrons. The van der Waals surface area contributed by atoms with Gasteiger partial charge in [0.2, 0.25) is 6.29 Å². The first-order valence-corrected chi connectivity index (χ1v) is 11.5. The lowest BCUT2D eigenvalue weighted by atomic mass is 9.77. The van der Waals surface area contributed by atoms with E-state index in [0.717, 1.165) is 11.1 Å². The van der Waals surface area contributed by atoms with Gasteiger partial charge in [-0.05, 0) is 34.6 Å². The quantitative estimate of drug-likeness (QED) is 0.265. The number of carbonyl (C=O) groups is 1. The van der Waals surface area contributed by atoms with E-state index < -0.39 is 11.2 Å². The van der Waals surface area contributed by atoms with Gasteiger partial charge in [-0.3, -0.25) is 14.9 Å². The van der Waals surface area contributed by atoms with Gasteiger partial charge >= 0.3 is 0 Å². The highest BCUT2D eigenvalue weighted by Gasteiger charge is 2.34. The van der Waals surface area contributed by atoms with Gasteiger partial charge in [0.05, 0.1) is 18.1 Å². The van der Waals surface area contributed by atoms with Gasteiger partial charge in [0.25, 0.3) is 11.6 Å². The third-order valence-corrected chi connectivity index (χ3v) is 5.71. The van der Waals surface area contributed by atoms with Crippen LogP contribution in [0.4, 0.5) is 11.5 Å². The summed E-state index contributed by atoms with van der Waals surface area (Å²) in [5.41, 5.74) is 1.61. The van der Waals surface area contributed by atoms with Crippen LogP contribution < -0.4 is 10.6 Å². The number of nitrogens with one attached hydrogen (secondary N) is 2. The smallest absolute Gasteiger partial charge is 0.287 e. The van der Waals surface area contributed by atoms with E-state index in [1.807, 2.05) is 30.3 Å². The average Bonchev–Trinajstić information content (AvgIpc) is 2.85. The standard InChI is InChI=1S/C25H32N4O6/c1-25(2,3)19-12-21(35-23(13-19)34-16-18-6-4-17(15-30)5-7-18)24(31)27-11-10-26-22-9-8-20(14-28-22)29(32)33/h4-9,12,14,19,23,30H,10-11,13,15-16H2,1-3H3,(H,26,28)(H,27,31)/t19-,23+/m1/s1. The van der Waals surface area contributed by atoms with Crippen LogP contribution in [-0.4, -0.2) is 40.3 Å². The molecule has 1 aliphatic rings. The Balaban J connectivity index is 1.53. The van der Waals surface area contributed by atoms with Gasteiger partial charge in [0, 0.05) is 25.6 Å². The topological polar surface area (TPSA) is 136 Å². The molecule has 1 aromatic heterocycles. The van der Waals surface area contributed by atoms with E-state index in [0.29, 0.717) is 31.9 Å². The number of benzene rings is 1. The van der Waals surface area contributed by atoms with E-state index in [4.69, 9.17) is 9.47 Å². The fourth-order valence-corrected chi connectivity index (χ4v) is 3.50. The summed E-state index contributed by atoms with van der Waals surface area (Å²) in [5, 5.41) is 25.7. The molecular weight excluding hydrogens is 452 g/mol. The number of aromatic nitrogens is 1. The predicted octanol–water partition coefficient (Wildman–Crippen LogP) is 3.52. The van der Waals surface area contributed by atoms with Crippen LogP contribution in [0, 0.1) is 21.4 Å². The van der Waals surface area contributed by atoms with Crippen molar-refractivity contribution in [1.82, 2.24) is 10.3 Å². The zero-order chi connectivity index (χ0) is 25.4. The highest BCUT2D eigenvalue weighted by Crippen LogP contribution is 2.36. The number of carbonyl (C=O) groups excluding carboxylic acids is 1. The first-order chi connectivity index (χ1) is 16.7. The van der Waals surface area contributed by atoms with Crippen molar-refractivity contribution in [3.63, 3.8) is 0 Å². The Morgan fingerprint density at radius 1 is 1.20 bits per heavy atom. The summed E-state index contributed by atoms with van der Waals surface area (Å²) in [5.74, 6) is 0.455. The first kappa shape index (κ1) is 26.1. The maximum Gasteiger partial charge on any atom is 0.287 e. The monoisotopic (exact) mass is 484 g/mol. The predicted molar refractivity (Wildman–Crippen MR) is 130 cm³/mol. The van der Waals surface area contributed by atoms with Gasteiger partial charge in [-0.25, -0.2) is 4.98 Å². The van der Waals surface area contributed by atoms with E-state index in [9.17, 15) is 20.0 Å². The number of anilines is 1. The maximum atomic E-state index is 12.8. The molecule has 0 saturated carbocycles. The summed E-state index contributed by atoms with van der Waals surface area (Å²) in [6.45, 7) is 7.34. The van der Waals surface area contributed by atoms with Gasteiger partial charge in [-0.15, -0.1) is 0 Å². The lowest BCUT2D eigenvalue weighted by Gasteiger charge is -2.36. The highest BCUT2D eigenvalue weighted by atomic mass is 16.7. The van der Waals surface area contributed by atoms with Crippen molar-refractivity contribution >= 4 is 17.4 Å². The SMILES string of the molecule is CC(C)(C)[C@@H]1C=C(C(=O)NCCNc2ccc([N+](=O)[O-])cn2)O[C@H](OCc2ccc(CO)cc2)C1. The van der Waals surface area contributed by atoms with Gasteiger partial charge in [-0.2, -0.15) is 0 Å². The van der Waals surface area contributed by atoms with E-state index in [2.05, 4.69) is 36.4 Å². The molecule has 0 unspecified atom stereocenters. The third-order valence-electron chi connectivity index (χ3n) is 5.71. The molecule has 188 valence electrons. The molecule has 10 heteroatoms. The zero-order valence-electron chi connectivity index (χ0n) is 20.2. The Kier molecular flexibility index (Phi) is 8.78. The van der Waals surface area contributed by atoms with E-state index in [-0.39, 0.29) is 35.3 Å². The molecule has 0 spiro atoms. The molecule has 2 atom stereocenters. The largest absolute Gasteiger partial charge is 0.459 e. The van der Waals surface area contributed by atoms with Gasteiger partial charge < -0.3 is 25.2 Å². The molecule has 1 amide bonds. The Labute approximate surface area is 204 Å². The summed E-state index contributed by atoms with van der Waals surface area (Å²) >= 11 is 0. The van der Waals surface area contributed by atoms with E-state index in [1.165, 1.54) is 18.3 Å². The lowest BCUT2D eigenvalue weighted by Crippen LogP contribution is -2.37. The summed E-state index contributed by atoms with van der Waals surface area (Å²) < 4.78 is 11.9. The summed E-state index contributed by atoms with van der Waals surface area (Å²) in [4.78, 5) is 27.0.